The monoisotopic (exact) mass is 521 g/mol. The zero-order valence-electron chi connectivity index (χ0n) is 19.1. The SMILES string of the molecule is CCOC(=O)C1C(C2CCC(F)CC2)C(C(O)C2CCC(Cl)CC2)C(C(F)F)NC1C(F)(F)F. The minimum absolute atomic E-state index is 0.0837. The van der Waals surface area contributed by atoms with E-state index in [4.69, 9.17) is 16.3 Å². The van der Waals surface area contributed by atoms with Gasteiger partial charge in [-0.25, -0.2) is 13.2 Å². The predicted molar refractivity (Wildman–Crippen MR) is 114 cm³/mol. The number of nitrogens with one attached hydrogen (secondary N) is 1. The van der Waals surface area contributed by atoms with E-state index in [-0.39, 0.29) is 37.7 Å². The van der Waals surface area contributed by atoms with Crippen LogP contribution in [0, 0.1) is 29.6 Å². The predicted octanol–water partition coefficient (Wildman–Crippen LogP) is 5.25. The highest BCUT2D eigenvalue weighted by molar-refractivity contribution is 6.20. The molecule has 0 radical (unpaired) electrons. The molecule has 3 rings (SSSR count). The quantitative estimate of drug-likeness (QED) is 0.285. The second-order valence-electron chi connectivity index (χ2n) is 9.99. The fraction of sp³-hybridized carbons (Fsp3) is 0.957. The maximum atomic E-state index is 14.3. The Labute approximate surface area is 201 Å². The Balaban J connectivity index is 2.06. The van der Waals surface area contributed by atoms with Crippen LogP contribution in [0.1, 0.15) is 58.3 Å². The van der Waals surface area contributed by atoms with Gasteiger partial charge in [-0.2, -0.15) is 13.2 Å². The lowest BCUT2D eigenvalue weighted by Gasteiger charge is -2.53. The van der Waals surface area contributed by atoms with E-state index in [1.807, 2.05) is 5.32 Å². The second kappa shape index (κ2) is 11.5. The molecular weight excluding hydrogens is 488 g/mol. The summed E-state index contributed by atoms with van der Waals surface area (Å²) in [6, 6.07) is -4.50. The normalized spacial score (nSPS) is 40.7. The van der Waals surface area contributed by atoms with Gasteiger partial charge in [0.15, 0.2) is 0 Å². The topological polar surface area (TPSA) is 58.6 Å². The molecule has 1 heterocycles. The summed E-state index contributed by atoms with van der Waals surface area (Å²) >= 11 is 6.15. The van der Waals surface area contributed by atoms with Crippen LogP contribution in [0.25, 0.3) is 0 Å². The number of aliphatic hydroxyl groups excluding tert-OH is 1. The third-order valence-electron chi connectivity index (χ3n) is 8.01. The fourth-order valence-corrected chi connectivity index (χ4v) is 6.69. The standard InChI is InChI=1S/C23H34ClF6NO3/c1-2-34-22(33)17-15(11-5-9-14(25)10-6-11)16(19(32)12-3-7-13(24)8-4-12)18(21(26)27)31-20(17)23(28,29)30/h11-21,31-32H,2-10H2,1H3. The van der Waals surface area contributed by atoms with Gasteiger partial charge in [-0.3, -0.25) is 10.1 Å². The van der Waals surface area contributed by atoms with Gasteiger partial charge in [0.1, 0.15) is 12.2 Å². The van der Waals surface area contributed by atoms with Crippen molar-refractivity contribution in [3.05, 3.63) is 0 Å². The molecule has 0 amide bonds. The summed E-state index contributed by atoms with van der Waals surface area (Å²) in [4.78, 5) is 12.9. The van der Waals surface area contributed by atoms with E-state index < -0.39 is 72.5 Å². The number of ether oxygens (including phenoxy) is 1. The van der Waals surface area contributed by atoms with Crippen LogP contribution >= 0.6 is 11.6 Å². The molecule has 3 fully saturated rings. The number of piperidine rings is 1. The first kappa shape index (κ1) is 27.8. The summed E-state index contributed by atoms with van der Waals surface area (Å²) in [7, 11) is 0. The van der Waals surface area contributed by atoms with Crippen molar-refractivity contribution in [1.29, 1.82) is 0 Å². The Morgan fingerprint density at radius 3 is 2.18 bits per heavy atom. The molecule has 198 valence electrons. The van der Waals surface area contributed by atoms with Gasteiger partial charge in [-0.05, 0) is 76.0 Å². The molecule has 3 aliphatic rings. The highest BCUT2D eigenvalue weighted by Gasteiger charge is 2.62. The van der Waals surface area contributed by atoms with Crippen molar-refractivity contribution >= 4 is 17.6 Å². The molecule has 0 bridgehead atoms. The summed E-state index contributed by atoms with van der Waals surface area (Å²) in [6.45, 7) is 1.29. The van der Waals surface area contributed by atoms with Crippen molar-refractivity contribution in [3.8, 4) is 0 Å². The van der Waals surface area contributed by atoms with Gasteiger partial charge in [0, 0.05) is 11.3 Å². The largest absolute Gasteiger partial charge is 0.466 e. The number of hydrogen-bond donors (Lipinski definition) is 2. The lowest BCUT2D eigenvalue weighted by atomic mass is 9.58. The Hall–Kier alpha value is -0.740. The number of aliphatic hydroxyl groups is 1. The third kappa shape index (κ3) is 6.14. The summed E-state index contributed by atoms with van der Waals surface area (Å²) in [5.41, 5.74) is 0. The molecule has 0 aromatic rings. The molecule has 2 saturated carbocycles. The van der Waals surface area contributed by atoms with Crippen LogP contribution in [-0.2, 0) is 9.53 Å². The number of carbonyl (C=O) groups excluding carboxylic acids is 1. The zero-order chi connectivity index (χ0) is 25.2. The molecule has 1 saturated heterocycles. The number of carbonyl (C=O) groups is 1. The minimum atomic E-state index is -4.99. The Morgan fingerprint density at radius 2 is 1.68 bits per heavy atom. The molecule has 2 N–H and O–H groups in total. The van der Waals surface area contributed by atoms with Crippen molar-refractivity contribution in [1.82, 2.24) is 5.32 Å². The van der Waals surface area contributed by atoms with Gasteiger partial charge in [0.2, 0.25) is 0 Å². The molecule has 0 aromatic heterocycles. The van der Waals surface area contributed by atoms with Crippen molar-refractivity contribution in [3.63, 3.8) is 0 Å². The summed E-state index contributed by atoms with van der Waals surface area (Å²) < 4.78 is 89.7. The molecule has 1 aliphatic heterocycles. The van der Waals surface area contributed by atoms with E-state index in [0.717, 1.165) is 0 Å². The second-order valence-corrected chi connectivity index (χ2v) is 10.6. The first-order valence-electron chi connectivity index (χ1n) is 12.2. The molecular formula is C23H34ClF6NO3. The number of rotatable bonds is 6. The van der Waals surface area contributed by atoms with Gasteiger partial charge in [0.25, 0.3) is 6.43 Å². The minimum Gasteiger partial charge on any atom is -0.466 e. The van der Waals surface area contributed by atoms with E-state index in [0.29, 0.717) is 25.7 Å². The van der Waals surface area contributed by atoms with Crippen LogP contribution < -0.4 is 5.32 Å². The average Bonchev–Trinajstić information content (AvgIpc) is 2.77. The first-order valence-corrected chi connectivity index (χ1v) is 12.6. The van der Waals surface area contributed by atoms with Crippen molar-refractivity contribution in [2.45, 2.75) is 101 Å². The third-order valence-corrected chi connectivity index (χ3v) is 8.45. The molecule has 34 heavy (non-hydrogen) atoms. The van der Waals surface area contributed by atoms with E-state index in [1.54, 1.807) is 0 Å². The van der Waals surface area contributed by atoms with Gasteiger partial charge >= 0.3 is 12.1 Å². The summed E-state index contributed by atoms with van der Waals surface area (Å²) in [5, 5.41) is 13.3. The maximum absolute atomic E-state index is 14.3. The Bertz CT molecular complexity index is 668. The molecule has 0 aromatic carbocycles. The summed E-state index contributed by atoms with van der Waals surface area (Å²) in [5.74, 6) is -6.50. The van der Waals surface area contributed by atoms with E-state index in [9.17, 15) is 36.2 Å². The zero-order valence-corrected chi connectivity index (χ0v) is 19.9. The van der Waals surface area contributed by atoms with E-state index >= 15 is 0 Å². The van der Waals surface area contributed by atoms with Crippen LogP contribution in [0.5, 0.6) is 0 Å². The van der Waals surface area contributed by atoms with E-state index in [2.05, 4.69) is 0 Å². The number of hydrogen-bond acceptors (Lipinski definition) is 4. The average molecular weight is 522 g/mol. The van der Waals surface area contributed by atoms with Crippen LogP contribution in [0.3, 0.4) is 0 Å². The molecule has 0 spiro atoms. The summed E-state index contributed by atoms with van der Waals surface area (Å²) in [6.07, 6.45) is -8.12. The molecule has 11 heteroatoms. The van der Waals surface area contributed by atoms with Crippen LogP contribution in [0.2, 0.25) is 0 Å². The first-order chi connectivity index (χ1) is 16.0. The van der Waals surface area contributed by atoms with Gasteiger partial charge < -0.3 is 9.84 Å². The molecule has 6 atom stereocenters. The smallest absolute Gasteiger partial charge is 0.404 e. The molecule has 6 unspecified atom stereocenters. The highest BCUT2D eigenvalue weighted by atomic mass is 35.5. The van der Waals surface area contributed by atoms with Crippen LogP contribution in [-0.4, -0.2) is 60.0 Å². The Morgan fingerprint density at radius 1 is 1.09 bits per heavy atom. The maximum Gasteiger partial charge on any atom is 0.404 e. The highest BCUT2D eigenvalue weighted by Crippen LogP contribution is 2.50. The number of esters is 1. The van der Waals surface area contributed by atoms with Crippen molar-refractivity contribution in [2.75, 3.05) is 6.61 Å². The number of halogens is 7. The van der Waals surface area contributed by atoms with Crippen molar-refractivity contribution in [2.24, 2.45) is 29.6 Å². The lowest BCUT2D eigenvalue weighted by Crippen LogP contribution is -2.69. The van der Waals surface area contributed by atoms with Crippen LogP contribution in [0.15, 0.2) is 0 Å². The van der Waals surface area contributed by atoms with Gasteiger partial charge in [0.05, 0.1) is 24.7 Å². The van der Waals surface area contributed by atoms with Crippen LogP contribution in [0.4, 0.5) is 26.3 Å². The molecule has 2 aliphatic carbocycles. The van der Waals surface area contributed by atoms with Gasteiger partial charge in [-0.1, -0.05) is 0 Å². The molecule has 4 nitrogen and oxygen atoms in total. The van der Waals surface area contributed by atoms with E-state index in [1.165, 1.54) is 6.92 Å². The lowest BCUT2D eigenvalue weighted by molar-refractivity contribution is -0.216. The number of alkyl halides is 7. The fourth-order valence-electron chi connectivity index (χ4n) is 6.44. The van der Waals surface area contributed by atoms with Crippen molar-refractivity contribution < 1.29 is 41.0 Å². The van der Waals surface area contributed by atoms with Gasteiger partial charge in [-0.15, -0.1) is 11.6 Å². The Kier molecular flexibility index (Phi) is 9.45.